The molecule has 2 rings (SSSR count). The number of hydrogen-bond donors (Lipinski definition) is 1. The van der Waals surface area contributed by atoms with Crippen LogP contribution in [0.2, 0.25) is 0 Å². The average molecular weight is 269 g/mol. The van der Waals surface area contributed by atoms with E-state index < -0.39 is 0 Å². The van der Waals surface area contributed by atoms with Crippen LogP contribution in [0.25, 0.3) is 0 Å². The molecule has 0 saturated heterocycles. The van der Waals surface area contributed by atoms with Crippen LogP contribution in [-0.4, -0.2) is 20.1 Å². The zero-order valence-corrected chi connectivity index (χ0v) is 11.8. The Morgan fingerprint density at radius 1 is 1.05 bits per heavy atom. The SMILES string of the molecule is CNC(=O)CC(c1ccccc1)c1ccc(OC)cc1. The van der Waals surface area contributed by atoms with Gasteiger partial charge in [0.15, 0.2) is 0 Å². The van der Waals surface area contributed by atoms with Crippen LogP contribution in [0.5, 0.6) is 5.75 Å². The number of carbonyl (C=O) groups is 1. The van der Waals surface area contributed by atoms with Crippen molar-refractivity contribution in [3.05, 3.63) is 65.7 Å². The second kappa shape index (κ2) is 6.75. The third-order valence-electron chi connectivity index (χ3n) is 3.39. The second-order valence-electron chi connectivity index (χ2n) is 4.61. The van der Waals surface area contributed by atoms with Crippen LogP contribution in [0.4, 0.5) is 0 Å². The van der Waals surface area contributed by atoms with E-state index >= 15 is 0 Å². The van der Waals surface area contributed by atoms with Gasteiger partial charge in [-0.1, -0.05) is 42.5 Å². The molecule has 2 aromatic rings. The predicted octanol–water partition coefficient (Wildman–Crippen LogP) is 2.96. The lowest BCUT2D eigenvalue weighted by Gasteiger charge is -2.17. The molecule has 2 aromatic carbocycles. The number of methoxy groups -OCH3 is 1. The lowest BCUT2D eigenvalue weighted by atomic mass is 9.88. The molecule has 0 saturated carbocycles. The van der Waals surface area contributed by atoms with Crippen LogP contribution in [0.1, 0.15) is 23.5 Å². The highest BCUT2D eigenvalue weighted by Gasteiger charge is 2.17. The summed E-state index contributed by atoms with van der Waals surface area (Å²) in [6, 6.07) is 18.0. The lowest BCUT2D eigenvalue weighted by molar-refractivity contribution is -0.120. The average Bonchev–Trinajstić information content (AvgIpc) is 2.53. The Hall–Kier alpha value is -2.29. The molecular formula is C17H19NO2. The summed E-state index contributed by atoms with van der Waals surface area (Å²) in [6.45, 7) is 0. The topological polar surface area (TPSA) is 38.3 Å². The molecule has 0 aromatic heterocycles. The van der Waals surface area contributed by atoms with Crippen molar-refractivity contribution in [3.8, 4) is 5.75 Å². The van der Waals surface area contributed by atoms with E-state index in [1.807, 2.05) is 42.5 Å². The van der Waals surface area contributed by atoms with Gasteiger partial charge in [-0.15, -0.1) is 0 Å². The Balaban J connectivity index is 2.32. The fourth-order valence-corrected chi connectivity index (χ4v) is 2.24. The summed E-state index contributed by atoms with van der Waals surface area (Å²) >= 11 is 0. The molecule has 0 bridgehead atoms. The van der Waals surface area contributed by atoms with Crippen molar-refractivity contribution in [2.24, 2.45) is 0 Å². The van der Waals surface area contributed by atoms with E-state index in [2.05, 4.69) is 17.4 Å². The van der Waals surface area contributed by atoms with Crippen LogP contribution in [0.3, 0.4) is 0 Å². The Bertz CT molecular complexity index is 549. The lowest BCUT2D eigenvalue weighted by Crippen LogP contribution is -2.21. The maximum Gasteiger partial charge on any atom is 0.220 e. The largest absolute Gasteiger partial charge is 0.497 e. The van der Waals surface area contributed by atoms with Crippen LogP contribution < -0.4 is 10.1 Å². The van der Waals surface area contributed by atoms with Crippen molar-refractivity contribution in [1.82, 2.24) is 5.32 Å². The third kappa shape index (κ3) is 3.38. The molecule has 1 N–H and O–H groups in total. The third-order valence-corrected chi connectivity index (χ3v) is 3.39. The normalized spacial score (nSPS) is 11.7. The van der Waals surface area contributed by atoms with Gasteiger partial charge in [0.2, 0.25) is 5.91 Å². The molecule has 104 valence electrons. The van der Waals surface area contributed by atoms with Crippen molar-refractivity contribution in [1.29, 1.82) is 0 Å². The van der Waals surface area contributed by atoms with E-state index in [9.17, 15) is 4.79 Å². The Kier molecular flexibility index (Phi) is 4.77. The monoisotopic (exact) mass is 269 g/mol. The summed E-state index contributed by atoms with van der Waals surface area (Å²) in [5.74, 6) is 0.914. The molecule has 20 heavy (non-hydrogen) atoms. The molecule has 3 nitrogen and oxygen atoms in total. The molecule has 3 heteroatoms. The zero-order chi connectivity index (χ0) is 14.4. The minimum atomic E-state index is 0.0367. The molecule has 1 amide bonds. The Labute approximate surface area is 119 Å². The maximum atomic E-state index is 11.8. The second-order valence-corrected chi connectivity index (χ2v) is 4.61. The maximum absolute atomic E-state index is 11.8. The molecule has 0 aliphatic rings. The number of rotatable bonds is 5. The molecular weight excluding hydrogens is 250 g/mol. The van der Waals surface area contributed by atoms with E-state index in [1.165, 1.54) is 0 Å². The van der Waals surface area contributed by atoms with E-state index in [0.29, 0.717) is 6.42 Å². The number of carbonyl (C=O) groups excluding carboxylic acids is 1. The smallest absolute Gasteiger partial charge is 0.220 e. The molecule has 0 heterocycles. The highest BCUT2D eigenvalue weighted by atomic mass is 16.5. The summed E-state index contributed by atoms with van der Waals surface area (Å²) in [7, 11) is 3.31. The first-order valence-corrected chi connectivity index (χ1v) is 6.64. The standard InChI is InChI=1S/C17H19NO2/c1-18-17(19)12-16(13-6-4-3-5-7-13)14-8-10-15(20-2)11-9-14/h3-11,16H,12H2,1-2H3,(H,18,19). The van der Waals surface area contributed by atoms with Gasteiger partial charge in [-0.05, 0) is 23.3 Å². The molecule has 0 spiro atoms. The first kappa shape index (κ1) is 14.1. The van der Waals surface area contributed by atoms with Gasteiger partial charge in [-0.3, -0.25) is 4.79 Å². The highest BCUT2D eigenvalue weighted by Crippen LogP contribution is 2.29. The molecule has 1 atom stereocenters. The summed E-state index contributed by atoms with van der Waals surface area (Å²) in [5, 5.41) is 2.69. The Morgan fingerprint density at radius 3 is 2.20 bits per heavy atom. The van der Waals surface area contributed by atoms with Gasteiger partial charge >= 0.3 is 0 Å². The summed E-state index contributed by atoms with van der Waals surface area (Å²) in [6.07, 6.45) is 0.437. The number of nitrogens with one attached hydrogen (secondary N) is 1. The molecule has 1 unspecified atom stereocenters. The first-order chi connectivity index (χ1) is 9.74. The van der Waals surface area contributed by atoms with Gasteiger partial charge in [0.05, 0.1) is 7.11 Å². The summed E-state index contributed by atoms with van der Waals surface area (Å²) < 4.78 is 5.18. The van der Waals surface area contributed by atoms with Crippen molar-refractivity contribution < 1.29 is 9.53 Å². The van der Waals surface area contributed by atoms with Crippen molar-refractivity contribution >= 4 is 5.91 Å². The van der Waals surface area contributed by atoms with E-state index in [1.54, 1.807) is 14.2 Å². The zero-order valence-electron chi connectivity index (χ0n) is 11.8. The number of hydrogen-bond acceptors (Lipinski definition) is 2. The summed E-state index contributed by atoms with van der Waals surface area (Å²) in [4.78, 5) is 11.8. The molecule has 0 fully saturated rings. The van der Waals surface area contributed by atoms with E-state index in [-0.39, 0.29) is 11.8 Å². The van der Waals surface area contributed by atoms with Gasteiger partial charge < -0.3 is 10.1 Å². The van der Waals surface area contributed by atoms with Crippen LogP contribution >= 0.6 is 0 Å². The molecule has 0 radical (unpaired) electrons. The summed E-state index contributed by atoms with van der Waals surface area (Å²) in [5.41, 5.74) is 2.25. The number of ether oxygens (including phenoxy) is 1. The van der Waals surface area contributed by atoms with Crippen molar-refractivity contribution in [3.63, 3.8) is 0 Å². The Morgan fingerprint density at radius 2 is 1.65 bits per heavy atom. The van der Waals surface area contributed by atoms with Gasteiger partial charge in [-0.2, -0.15) is 0 Å². The van der Waals surface area contributed by atoms with E-state index in [4.69, 9.17) is 4.74 Å². The molecule has 0 aliphatic carbocycles. The van der Waals surface area contributed by atoms with Gasteiger partial charge in [-0.25, -0.2) is 0 Å². The van der Waals surface area contributed by atoms with Gasteiger partial charge in [0.1, 0.15) is 5.75 Å². The number of benzene rings is 2. The highest BCUT2D eigenvalue weighted by molar-refractivity contribution is 5.77. The fourth-order valence-electron chi connectivity index (χ4n) is 2.24. The van der Waals surface area contributed by atoms with E-state index in [0.717, 1.165) is 16.9 Å². The molecule has 0 aliphatic heterocycles. The fraction of sp³-hybridized carbons (Fsp3) is 0.235. The van der Waals surface area contributed by atoms with Gasteiger partial charge in [0, 0.05) is 19.4 Å². The van der Waals surface area contributed by atoms with Crippen LogP contribution in [0, 0.1) is 0 Å². The first-order valence-electron chi connectivity index (χ1n) is 6.64. The minimum absolute atomic E-state index is 0.0367. The van der Waals surface area contributed by atoms with Crippen LogP contribution in [0.15, 0.2) is 54.6 Å². The van der Waals surface area contributed by atoms with Crippen molar-refractivity contribution in [2.75, 3.05) is 14.2 Å². The quantitative estimate of drug-likeness (QED) is 0.906. The van der Waals surface area contributed by atoms with Gasteiger partial charge in [0.25, 0.3) is 0 Å². The predicted molar refractivity (Wildman–Crippen MR) is 80.0 cm³/mol. The van der Waals surface area contributed by atoms with Crippen LogP contribution in [-0.2, 0) is 4.79 Å². The van der Waals surface area contributed by atoms with Crippen molar-refractivity contribution in [2.45, 2.75) is 12.3 Å². The number of amides is 1. The minimum Gasteiger partial charge on any atom is -0.497 e.